The maximum atomic E-state index is 13.9. The molecule has 1 atom stereocenters. The molecule has 0 spiro atoms. The lowest BCUT2D eigenvalue weighted by molar-refractivity contribution is 0.427. The van der Waals surface area contributed by atoms with Crippen LogP contribution in [-0.4, -0.2) is 40.3 Å². The second-order valence-corrected chi connectivity index (χ2v) is 7.24. The van der Waals surface area contributed by atoms with Crippen molar-refractivity contribution in [3.05, 3.63) is 30.1 Å². The van der Waals surface area contributed by atoms with Crippen LogP contribution in [0.5, 0.6) is 0 Å². The van der Waals surface area contributed by atoms with Crippen LogP contribution in [0, 0.1) is 5.82 Å². The van der Waals surface area contributed by atoms with Crippen molar-refractivity contribution in [1.29, 1.82) is 0 Å². The molecular formula is C12H12Cl4FN3. The molecule has 1 aliphatic heterocycles. The maximum Gasteiger partial charge on any atom is 0.226 e. The van der Waals surface area contributed by atoms with Gasteiger partial charge in [-0.1, -0.05) is 58.5 Å². The van der Waals surface area contributed by atoms with Crippen LogP contribution in [0.25, 0.3) is 0 Å². The van der Waals surface area contributed by atoms with Gasteiger partial charge in [-0.3, -0.25) is 4.90 Å². The molecule has 0 radical (unpaired) electrons. The Kier molecular flexibility index (Phi) is 5.03. The number of aliphatic imine (C=N–C) groups is 1. The average molecular weight is 359 g/mol. The smallest absolute Gasteiger partial charge is 0.226 e. The number of hydrogen-bond donors (Lipinski definition) is 0. The molecule has 1 fully saturated rings. The van der Waals surface area contributed by atoms with E-state index in [2.05, 4.69) is 4.99 Å². The summed E-state index contributed by atoms with van der Waals surface area (Å²) < 4.78 is 12.2. The molecule has 0 N–H and O–H groups in total. The fourth-order valence-corrected chi connectivity index (χ4v) is 2.16. The second-order valence-electron chi connectivity index (χ2n) is 4.46. The summed E-state index contributed by atoms with van der Waals surface area (Å²) in [6.07, 6.45) is 0. The first-order valence-corrected chi connectivity index (χ1v) is 7.34. The van der Waals surface area contributed by atoms with Crippen LogP contribution in [0.4, 0.5) is 10.1 Å². The van der Waals surface area contributed by atoms with Crippen molar-refractivity contribution in [2.75, 3.05) is 25.2 Å². The highest BCUT2D eigenvalue weighted by Gasteiger charge is 2.34. The molecular weight excluding hydrogens is 347 g/mol. The number of hydrogen-bond acceptors (Lipinski definition) is 2. The number of nitrogens with zero attached hydrogens (tertiary/aromatic N) is 3. The van der Waals surface area contributed by atoms with E-state index in [1.807, 2.05) is 11.9 Å². The Morgan fingerprint density at radius 1 is 1.30 bits per heavy atom. The number of para-hydroxylation sites is 1. The molecule has 2 rings (SSSR count). The third-order valence-corrected chi connectivity index (χ3v) is 4.16. The normalized spacial score (nSPS) is 20.7. The summed E-state index contributed by atoms with van der Waals surface area (Å²) in [5, 5.41) is 0. The van der Waals surface area contributed by atoms with Crippen LogP contribution in [0.3, 0.4) is 0 Å². The van der Waals surface area contributed by atoms with Crippen molar-refractivity contribution in [2.24, 2.45) is 4.99 Å². The van der Waals surface area contributed by atoms with E-state index in [1.54, 1.807) is 23.1 Å². The predicted molar refractivity (Wildman–Crippen MR) is 83.7 cm³/mol. The molecule has 20 heavy (non-hydrogen) atoms. The summed E-state index contributed by atoms with van der Waals surface area (Å²) in [5.41, 5.74) is -0.618. The lowest BCUT2D eigenvalue weighted by Gasteiger charge is -2.21. The fourth-order valence-electron chi connectivity index (χ4n) is 1.90. The number of likely N-dealkylation sites (N-methyl/N-ethyl adjacent to an activating group) is 1. The average Bonchev–Trinajstić information content (AvgIpc) is 2.69. The van der Waals surface area contributed by atoms with Crippen molar-refractivity contribution in [3.8, 4) is 0 Å². The molecule has 1 aromatic rings. The first-order chi connectivity index (χ1) is 9.29. The fraction of sp³-hybridized carbons (Fsp3) is 0.417. The number of halogens is 5. The molecule has 1 unspecified atom stereocenters. The topological polar surface area (TPSA) is 18.8 Å². The Hall–Kier alpha value is -0.260. The molecule has 1 aliphatic rings. The van der Waals surface area contributed by atoms with Gasteiger partial charge in [-0.05, 0) is 19.2 Å². The van der Waals surface area contributed by atoms with Crippen molar-refractivity contribution in [3.63, 3.8) is 0 Å². The molecule has 0 amide bonds. The van der Waals surface area contributed by atoms with Crippen LogP contribution in [0.2, 0.25) is 0 Å². The second kappa shape index (κ2) is 6.24. The van der Waals surface area contributed by atoms with Gasteiger partial charge in [0.05, 0.1) is 18.9 Å². The van der Waals surface area contributed by atoms with Gasteiger partial charge in [-0.25, -0.2) is 9.38 Å². The van der Waals surface area contributed by atoms with E-state index in [1.165, 1.54) is 6.07 Å². The minimum absolute atomic E-state index is 0.337. The van der Waals surface area contributed by atoms with Crippen LogP contribution < -0.4 is 4.90 Å². The molecule has 110 valence electrons. The van der Waals surface area contributed by atoms with Crippen LogP contribution in [0.1, 0.15) is 0 Å². The van der Waals surface area contributed by atoms with Crippen LogP contribution in [0.15, 0.2) is 29.3 Å². The van der Waals surface area contributed by atoms with E-state index in [0.29, 0.717) is 24.7 Å². The van der Waals surface area contributed by atoms with Crippen molar-refractivity contribution >= 4 is 57.9 Å². The Labute approximate surface area is 136 Å². The monoisotopic (exact) mass is 357 g/mol. The first-order valence-electron chi connectivity index (χ1n) is 5.77. The number of alkyl halides is 4. The highest BCUT2D eigenvalue weighted by molar-refractivity contribution is 6.70. The number of rotatable bonds is 2. The molecule has 0 aliphatic carbocycles. The summed E-state index contributed by atoms with van der Waals surface area (Å²) in [5.74, 6) is 0.222. The Morgan fingerprint density at radius 2 is 1.95 bits per heavy atom. The highest BCUT2D eigenvalue weighted by Crippen LogP contribution is 2.35. The van der Waals surface area contributed by atoms with E-state index in [0.717, 1.165) is 0 Å². The van der Waals surface area contributed by atoms with E-state index >= 15 is 0 Å². The quantitative estimate of drug-likeness (QED) is 0.590. The van der Waals surface area contributed by atoms with Crippen LogP contribution >= 0.6 is 46.4 Å². The lowest BCUT2D eigenvalue weighted by atomic mass is 10.3. The highest BCUT2D eigenvalue weighted by atomic mass is 35.6. The van der Waals surface area contributed by atoms with E-state index in [9.17, 15) is 4.39 Å². The predicted octanol–water partition coefficient (Wildman–Crippen LogP) is 3.87. The van der Waals surface area contributed by atoms with Gasteiger partial charge in [-0.2, -0.15) is 0 Å². The van der Waals surface area contributed by atoms with E-state index in [4.69, 9.17) is 46.4 Å². The van der Waals surface area contributed by atoms with Gasteiger partial charge in [0.15, 0.2) is 5.50 Å². The zero-order valence-electron chi connectivity index (χ0n) is 10.5. The zero-order chi connectivity index (χ0) is 14.9. The molecule has 0 bridgehead atoms. The minimum Gasteiger partial charge on any atom is -0.313 e. The van der Waals surface area contributed by atoms with Crippen LogP contribution in [-0.2, 0) is 0 Å². The zero-order valence-corrected chi connectivity index (χ0v) is 13.6. The summed E-state index contributed by atoms with van der Waals surface area (Å²) in [4.78, 5) is 7.86. The lowest BCUT2D eigenvalue weighted by Crippen LogP contribution is -2.30. The molecule has 1 saturated heterocycles. The van der Waals surface area contributed by atoms with Crippen molar-refractivity contribution < 1.29 is 4.39 Å². The Morgan fingerprint density at radius 3 is 2.55 bits per heavy atom. The van der Waals surface area contributed by atoms with Crippen molar-refractivity contribution in [1.82, 2.24) is 4.90 Å². The summed E-state index contributed by atoms with van der Waals surface area (Å²) in [6.45, 7) is 0.988. The third kappa shape index (κ3) is 3.68. The SMILES string of the molecule is CN1C/C(=N/C(Cl)C(Cl)(Cl)Cl)N(c2ccccc2F)C1. The summed E-state index contributed by atoms with van der Waals surface area (Å²) in [6, 6.07) is 6.43. The van der Waals surface area contributed by atoms with Gasteiger partial charge in [0, 0.05) is 0 Å². The van der Waals surface area contributed by atoms with Gasteiger partial charge in [-0.15, -0.1) is 0 Å². The number of benzene rings is 1. The Balaban J connectivity index is 2.32. The first kappa shape index (κ1) is 16.1. The van der Waals surface area contributed by atoms with Gasteiger partial charge in [0.2, 0.25) is 3.79 Å². The Bertz CT molecular complexity index is 518. The third-order valence-electron chi connectivity index (χ3n) is 2.78. The van der Waals surface area contributed by atoms with E-state index < -0.39 is 9.29 Å². The molecule has 8 heteroatoms. The molecule has 3 nitrogen and oxygen atoms in total. The largest absolute Gasteiger partial charge is 0.313 e. The minimum atomic E-state index is -1.71. The molecule has 0 saturated carbocycles. The molecule has 1 heterocycles. The number of amidine groups is 1. The van der Waals surface area contributed by atoms with Gasteiger partial charge < -0.3 is 4.90 Å². The maximum absolute atomic E-state index is 13.9. The summed E-state index contributed by atoms with van der Waals surface area (Å²) in [7, 11) is 1.88. The standard InChI is InChI=1S/C12H12Cl4FN3/c1-19-6-10(18-11(13)12(14,15)16)20(7-19)9-5-3-2-4-8(9)17/h2-5,11H,6-7H2,1H3/b18-10-. The summed E-state index contributed by atoms with van der Waals surface area (Å²) >= 11 is 23.1. The molecule has 0 aromatic heterocycles. The molecule has 1 aromatic carbocycles. The van der Waals surface area contributed by atoms with Gasteiger partial charge >= 0.3 is 0 Å². The number of anilines is 1. The van der Waals surface area contributed by atoms with Crippen molar-refractivity contribution in [2.45, 2.75) is 9.29 Å². The van der Waals surface area contributed by atoms with Gasteiger partial charge in [0.25, 0.3) is 0 Å². The van der Waals surface area contributed by atoms with Gasteiger partial charge in [0.1, 0.15) is 11.7 Å². The van der Waals surface area contributed by atoms with E-state index in [-0.39, 0.29) is 5.82 Å².